The van der Waals surface area contributed by atoms with Gasteiger partial charge in [0.25, 0.3) is 0 Å². The maximum atomic E-state index is 6.21. The maximum absolute atomic E-state index is 6.21. The molecule has 0 aliphatic carbocycles. The summed E-state index contributed by atoms with van der Waals surface area (Å²) in [7, 11) is 0. The van der Waals surface area contributed by atoms with Gasteiger partial charge in [-0.25, -0.2) is 0 Å². The second-order valence-corrected chi connectivity index (χ2v) is 21.5. The first-order chi connectivity index (χ1) is 13.3. The first-order valence-corrected chi connectivity index (χ1v) is 19.2. The van der Waals surface area contributed by atoms with Gasteiger partial charge in [-0.15, -0.1) is 0 Å². The fourth-order valence-corrected chi connectivity index (χ4v) is 17.9. The first-order valence-electron chi connectivity index (χ1n) is 11.1. The van der Waals surface area contributed by atoms with E-state index in [0.717, 1.165) is 11.2 Å². The van der Waals surface area contributed by atoms with Crippen molar-refractivity contribution in [2.45, 2.75) is 79.2 Å². The summed E-state index contributed by atoms with van der Waals surface area (Å²) in [6.45, 7) is 9.07. The van der Waals surface area contributed by atoms with Crippen molar-refractivity contribution < 1.29 is 9.47 Å². The van der Waals surface area contributed by atoms with E-state index in [-0.39, 0.29) is 0 Å². The molecule has 1 rings (SSSR count). The van der Waals surface area contributed by atoms with Gasteiger partial charge < -0.3 is 0 Å². The van der Waals surface area contributed by atoms with Crippen molar-refractivity contribution >= 4 is 18.4 Å². The molecule has 0 atom stereocenters. The summed E-state index contributed by atoms with van der Waals surface area (Å²) >= 11 is -2.11. The molecule has 0 heterocycles. The molecule has 0 amide bonds. The Morgan fingerprint density at radius 3 is 1.78 bits per heavy atom. The monoisotopic (exact) mass is 482 g/mol. The molecular weight excluding hydrogens is 439 g/mol. The minimum absolute atomic E-state index is 0.661. The van der Waals surface area contributed by atoms with Crippen LogP contribution in [0.2, 0.25) is 13.3 Å². The van der Waals surface area contributed by atoms with E-state index in [1.54, 1.807) is 0 Å². The standard InChI is InChI=1S/C12H15O2.3C4H9.Sn/c1-13-9-5-6-10-14-11-12-7-3-2-4-8-12;3*1-3-4-2;/h2-8H,1,9-11H2;3*1,3-4H2,2H3;. The molecule has 2 nitrogen and oxygen atoms in total. The molecule has 0 fully saturated rings. The molecule has 0 saturated carbocycles. The molecule has 0 aliphatic rings. The Balaban J connectivity index is 2.32. The van der Waals surface area contributed by atoms with Crippen molar-refractivity contribution in [2.75, 3.05) is 17.8 Å². The number of ether oxygens (including phenoxy) is 2. The number of unbranched alkanes of at least 4 members (excludes halogenated alkanes) is 3. The van der Waals surface area contributed by atoms with Crippen molar-refractivity contribution in [3.8, 4) is 0 Å². The Morgan fingerprint density at radius 1 is 0.741 bits per heavy atom. The van der Waals surface area contributed by atoms with Crippen LogP contribution in [-0.4, -0.2) is 36.2 Å². The molecule has 0 bridgehead atoms. The van der Waals surface area contributed by atoms with Crippen molar-refractivity contribution in [1.82, 2.24) is 0 Å². The SMILES string of the molecule is CCC[CH2][Sn]([CH2]CCC)([CH2]CCC)[CH2]OCC=CCOCc1ccccc1. The van der Waals surface area contributed by atoms with Crippen LogP contribution in [0.15, 0.2) is 42.5 Å². The van der Waals surface area contributed by atoms with Gasteiger partial charge in [-0.05, 0) is 0 Å². The predicted octanol–water partition coefficient (Wildman–Crippen LogP) is 7.16. The fraction of sp³-hybridized carbons (Fsp3) is 0.667. The molecule has 154 valence electrons. The summed E-state index contributed by atoms with van der Waals surface area (Å²) in [5.41, 5.74) is 1.23. The average Bonchev–Trinajstić information content (AvgIpc) is 2.71. The quantitative estimate of drug-likeness (QED) is 0.134. The van der Waals surface area contributed by atoms with Crippen LogP contribution < -0.4 is 0 Å². The molecule has 0 aromatic heterocycles. The second kappa shape index (κ2) is 16.6. The minimum atomic E-state index is -2.11. The predicted molar refractivity (Wildman–Crippen MR) is 121 cm³/mol. The Hall–Kier alpha value is -0.321. The Bertz CT molecular complexity index is 451. The average molecular weight is 481 g/mol. The zero-order chi connectivity index (χ0) is 19.6. The third-order valence-electron chi connectivity index (χ3n) is 5.30. The molecule has 0 spiro atoms. The van der Waals surface area contributed by atoms with Crippen molar-refractivity contribution in [3.05, 3.63) is 48.0 Å². The Labute approximate surface area is 172 Å². The van der Waals surface area contributed by atoms with Crippen LogP contribution in [0.1, 0.15) is 64.9 Å². The third kappa shape index (κ3) is 12.0. The molecule has 0 saturated heterocycles. The summed E-state index contributed by atoms with van der Waals surface area (Å²) < 4.78 is 17.6. The van der Waals surface area contributed by atoms with Gasteiger partial charge in [0.2, 0.25) is 0 Å². The van der Waals surface area contributed by atoms with Crippen LogP contribution in [0.4, 0.5) is 0 Å². The molecule has 0 N–H and O–H groups in total. The van der Waals surface area contributed by atoms with Gasteiger partial charge in [0.1, 0.15) is 0 Å². The fourth-order valence-electron chi connectivity index (χ4n) is 3.55. The van der Waals surface area contributed by atoms with E-state index in [2.05, 4.69) is 57.2 Å². The molecule has 0 radical (unpaired) electrons. The van der Waals surface area contributed by atoms with Gasteiger partial charge in [0, 0.05) is 0 Å². The van der Waals surface area contributed by atoms with E-state index in [1.165, 1.54) is 57.4 Å². The Morgan fingerprint density at radius 2 is 1.26 bits per heavy atom. The van der Waals surface area contributed by atoms with Gasteiger partial charge in [0.05, 0.1) is 0 Å². The summed E-state index contributed by atoms with van der Waals surface area (Å²) in [5.74, 6) is 0. The van der Waals surface area contributed by atoms with E-state index in [4.69, 9.17) is 9.47 Å². The molecule has 0 aliphatic heterocycles. The normalized spacial score (nSPS) is 12.1. The number of benzene rings is 1. The third-order valence-corrected chi connectivity index (χ3v) is 19.7. The first kappa shape index (κ1) is 24.7. The van der Waals surface area contributed by atoms with Gasteiger partial charge in [0.15, 0.2) is 0 Å². The molecule has 0 unspecified atom stereocenters. The molecule has 27 heavy (non-hydrogen) atoms. The molecule has 1 aromatic carbocycles. The molecule has 1 aromatic rings. The van der Waals surface area contributed by atoms with Gasteiger partial charge in [-0.1, -0.05) is 0 Å². The van der Waals surface area contributed by atoms with Crippen LogP contribution in [0.25, 0.3) is 0 Å². The van der Waals surface area contributed by atoms with E-state index in [1.807, 2.05) is 6.07 Å². The van der Waals surface area contributed by atoms with Crippen LogP contribution in [0, 0.1) is 0 Å². The van der Waals surface area contributed by atoms with E-state index < -0.39 is 18.4 Å². The van der Waals surface area contributed by atoms with Crippen LogP contribution in [-0.2, 0) is 16.1 Å². The molecule has 3 heteroatoms. The zero-order valence-electron chi connectivity index (χ0n) is 18.1. The van der Waals surface area contributed by atoms with Crippen molar-refractivity contribution in [2.24, 2.45) is 0 Å². The number of hydrogen-bond donors (Lipinski definition) is 0. The molecular formula is C24H42O2Sn. The van der Waals surface area contributed by atoms with Crippen molar-refractivity contribution in [3.63, 3.8) is 0 Å². The summed E-state index contributed by atoms with van der Waals surface area (Å²) in [6.07, 6.45) is 12.5. The summed E-state index contributed by atoms with van der Waals surface area (Å²) in [6, 6.07) is 10.3. The second-order valence-electron chi connectivity index (χ2n) is 7.80. The van der Waals surface area contributed by atoms with E-state index in [0.29, 0.717) is 13.2 Å². The Kier molecular flexibility index (Phi) is 15.2. The van der Waals surface area contributed by atoms with Crippen LogP contribution in [0.5, 0.6) is 0 Å². The topological polar surface area (TPSA) is 18.5 Å². The van der Waals surface area contributed by atoms with E-state index in [9.17, 15) is 0 Å². The summed E-state index contributed by atoms with van der Waals surface area (Å²) in [4.78, 5) is 0. The summed E-state index contributed by atoms with van der Waals surface area (Å²) in [5, 5.41) is 0. The van der Waals surface area contributed by atoms with Crippen LogP contribution >= 0.6 is 0 Å². The van der Waals surface area contributed by atoms with Gasteiger partial charge >= 0.3 is 173 Å². The van der Waals surface area contributed by atoms with Crippen molar-refractivity contribution in [1.29, 1.82) is 0 Å². The number of hydrogen-bond acceptors (Lipinski definition) is 2. The van der Waals surface area contributed by atoms with E-state index >= 15 is 0 Å². The van der Waals surface area contributed by atoms with Crippen LogP contribution in [0.3, 0.4) is 0 Å². The van der Waals surface area contributed by atoms with Gasteiger partial charge in [-0.3, -0.25) is 0 Å². The zero-order valence-corrected chi connectivity index (χ0v) is 20.9. The van der Waals surface area contributed by atoms with Gasteiger partial charge in [-0.2, -0.15) is 0 Å². The number of rotatable bonds is 17.